The molecular formula is C16H17ClN2O2. The summed E-state index contributed by atoms with van der Waals surface area (Å²) in [5.74, 6) is -0.310. The van der Waals surface area contributed by atoms with E-state index in [9.17, 15) is 4.79 Å². The highest BCUT2D eigenvalue weighted by molar-refractivity contribution is 6.32. The lowest BCUT2D eigenvalue weighted by Gasteiger charge is -2.20. The van der Waals surface area contributed by atoms with Crippen LogP contribution >= 0.6 is 11.6 Å². The van der Waals surface area contributed by atoms with Gasteiger partial charge < -0.3 is 9.64 Å². The number of hydrogen-bond acceptors (Lipinski definition) is 4. The van der Waals surface area contributed by atoms with Crippen molar-refractivity contribution in [1.29, 1.82) is 0 Å². The number of anilines is 1. The number of carbonyl (C=O) groups excluding carboxylic acids is 1. The Balaban J connectivity index is 2.52. The molecule has 5 heteroatoms. The first-order chi connectivity index (χ1) is 10.0. The molecule has 0 aliphatic rings. The SMILES string of the molecule is COC(=O)Cc1cc(N(C)C)c(-c2cccnc2)cc1Cl. The molecular weight excluding hydrogens is 288 g/mol. The van der Waals surface area contributed by atoms with E-state index in [1.807, 2.05) is 43.3 Å². The molecule has 0 N–H and O–H groups in total. The van der Waals surface area contributed by atoms with Gasteiger partial charge in [-0.15, -0.1) is 0 Å². The molecule has 0 unspecified atom stereocenters. The molecule has 0 aliphatic carbocycles. The zero-order valence-corrected chi connectivity index (χ0v) is 13.0. The summed E-state index contributed by atoms with van der Waals surface area (Å²) in [6.45, 7) is 0. The van der Waals surface area contributed by atoms with Gasteiger partial charge in [0.25, 0.3) is 0 Å². The molecule has 0 saturated heterocycles. The van der Waals surface area contributed by atoms with Crippen LogP contribution in [0.4, 0.5) is 5.69 Å². The van der Waals surface area contributed by atoms with Crippen LogP contribution in [0, 0.1) is 0 Å². The van der Waals surface area contributed by atoms with Gasteiger partial charge in [-0.1, -0.05) is 17.7 Å². The molecule has 21 heavy (non-hydrogen) atoms. The molecule has 2 aromatic rings. The molecule has 0 fully saturated rings. The number of pyridine rings is 1. The summed E-state index contributed by atoms with van der Waals surface area (Å²) >= 11 is 6.31. The fraction of sp³-hybridized carbons (Fsp3) is 0.250. The van der Waals surface area contributed by atoms with E-state index >= 15 is 0 Å². The van der Waals surface area contributed by atoms with Gasteiger partial charge in [-0.05, 0) is 23.8 Å². The highest BCUT2D eigenvalue weighted by atomic mass is 35.5. The third-order valence-electron chi connectivity index (χ3n) is 3.18. The monoisotopic (exact) mass is 304 g/mol. The molecule has 0 aliphatic heterocycles. The number of nitrogens with zero attached hydrogens (tertiary/aromatic N) is 2. The summed E-state index contributed by atoms with van der Waals surface area (Å²) in [7, 11) is 5.27. The summed E-state index contributed by atoms with van der Waals surface area (Å²) < 4.78 is 4.70. The normalized spacial score (nSPS) is 10.3. The molecule has 2 rings (SSSR count). The Morgan fingerprint density at radius 3 is 2.71 bits per heavy atom. The smallest absolute Gasteiger partial charge is 0.310 e. The number of methoxy groups -OCH3 is 1. The molecule has 0 atom stereocenters. The molecule has 1 heterocycles. The van der Waals surface area contributed by atoms with Gasteiger partial charge in [0.1, 0.15) is 0 Å². The lowest BCUT2D eigenvalue weighted by atomic mass is 10.0. The van der Waals surface area contributed by atoms with Crippen LogP contribution in [0.25, 0.3) is 11.1 Å². The molecule has 0 saturated carbocycles. The number of benzene rings is 1. The first kappa shape index (κ1) is 15.3. The highest BCUT2D eigenvalue weighted by Gasteiger charge is 2.14. The third-order valence-corrected chi connectivity index (χ3v) is 3.53. The van der Waals surface area contributed by atoms with Crippen LogP contribution in [-0.2, 0) is 16.0 Å². The summed E-state index contributed by atoms with van der Waals surface area (Å²) in [4.78, 5) is 17.6. The maximum Gasteiger partial charge on any atom is 0.310 e. The summed E-state index contributed by atoms with van der Waals surface area (Å²) in [5.41, 5.74) is 3.69. The number of aromatic nitrogens is 1. The van der Waals surface area contributed by atoms with Gasteiger partial charge in [-0.25, -0.2) is 0 Å². The predicted molar refractivity (Wildman–Crippen MR) is 84.7 cm³/mol. The number of ether oxygens (including phenoxy) is 1. The number of esters is 1. The second kappa shape index (κ2) is 6.59. The topological polar surface area (TPSA) is 42.4 Å². The minimum absolute atomic E-state index is 0.156. The first-order valence-electron chi connectivity index (χ1n) is 6.50. The first-order valence-corrected chi connectivity index (χ1v) is 6.87. The highest BCUT2D eigenvalue weighted by Crippen LogP contribution is 2.34. The maximum absolute atomic E-state index is 11.5. The summed E-state index contributed by atoms with van der Waals surface area (Å²) in [5, 5.41) is 0.546. The zero-order chi connectivity index (χ0) is 15.4. The Hall–Kier alpha value is -2.07. The van der Waals surface area contributed by atoms with Crippen molar-refractivity contribution >= 4 is 23.3 Å². The molecule has 0 bridgehead atoms. The lowest BCUT2D eigenvalue weighted by molar-refractivity contribution is -0.139. The summed E-state index contributed by atoms with van der Waals surface area (Å²) in [6.07, 6.45) is 3.67. The van der Waals surface area contributed by atoms with E-state index in [0.717, 1.165) is 22.4 Å². The molecule has 0 spiro atoms. The number of rotatable bonds is 4. The van der Waals surface area contributed by atoms with Gasteiger partial charge >= 0.3 is 5.97 Å². The fourth-order valence-corrected chi connectivity index (χ4v) is 2.32. The van der Waals surface area contributed by atoms with E-state index in [2.05, 4.69) is 4.98 Å². The van der Waals surface area contributed by atoms with Crippen LogP contribution in [0.5, 0.6) is 0 Å². The van der Waals surface area contributed by atoms with Crippen molar-refractivity contribution in [2.75, 3.05) is 26.1 Å². The Morgan fingerprint density at radius 2 is 2.14 bits per heavy atom. The Morgan fingerprint density at radius 1 is 1.38 bits per heavy atom. The molecule has 4 nitrogen and oxygen atoms in total. The van der Waals surface area contributed by atoms with Crippen LogP contribution in [0.1, 0.15) is 5.56 Å². The van der Waals surface area contributed by atoms with Gasteiger partial charge in [-0.3, -0.25) is 9.78 Å². The number of carbonyl (C=O) groups is 1. The van der Waals surface area contributed by atoms with Crippen molar-refractivity contribution < 1.29 is 9.53 Å². The Labute approximate surface area is 129 Å². The van der Waals surface area contributed by atoms with Gasteiger partial charge in [0.15, 0.2) is 0 Å². The lowest BCUT2D eigenvalue weighted by Crippen LogP contribution is -2.12. The largest absolute Gasteiger partial charge is 0.469 e. The van der Waals surface area contributed by atoms with E-state index in [-0.39, 0.29) is 12.4 Å². The van der Waals surface area contributed by atoms with Crippen molar-refractivity contribution in [3.8, 4) is 11.1 Å². The van der Waals surface area contributed by atoms with Gasteiger partial charge in [-0.2, -0.15) is 0 Å². The number of halogens is 1. The zero-order valence-electron chi connectivity index (χ0n) is 12.3. The third kappa shape index (κ3) is 3.52. The number of hydrogen-bond donors (Lipinski definition) is 0. The van der Waals surface area contributed by atoms with Crippen molar-refractivity contribution in [3.05, 3.63) is 47.2 Å². The molecule has 1 aromatic heterocycles. The van der Waals surface area contributed by atoms with Crippen molar-refractivity contribution in [1.82, 2.24) is 4.98 Å². The van der Waals surface area contributed by atoms with E-state index in [4.69, 9.17) is 16.3 Å². The second-order valence-electron chi connectivity index (χ2n) is 4.85. The average molecular weight is 305 g/mol. The Bertz CT molecular complexity index is 642. The second-order valence-corrected chi connectivity index (χ2v) is 5.26. The Kier molecular flexibility index (Phi) is 4.81. The molecule has 1 aromatic carbocycles. The van der Waals surface area contributed by atoms with Crippen molar-refractivity contribution in [2.24, 2.45) is 0 Å². The molecule has 0 radical (unpaired) electrons. The van der Waals surface area contributed by atoms with Crippen LogP contribution in [0.2, 0.25) is 5.02 Å². The van der Waals surface area contributed by atoms with Crippen LogP contribution in [0.15, 0.2) is 36.7 Å². The van der Waals surface area contributed by atoms with E-state index < -0.39 is 0 Å². The van der Waals surface area contributed by atoms with Gasteiger partial charge in [0.05, 0.1) is 13.5 Å². The predicted octanol–water partition coefficient (Wildman–Crippen LogP) is 3.18. The standard InChI is InChI=1S/C16H17ClN2O2/c1-19(2)15-7-12(8-16(20)21-3)14(17)9-13(15)11-5-4-6-18-10-11/h4-7,9-10H,8H2,1-3H3. The molecule has 0 amide bonds. The quantitative estimate of drug-likeness (QED) is 0.814. The maximum atomic E-state index is 11.5. The fourth-order valence-electron chi connectivity index (χ4n) is 2.09. The van der Waals surface area contributed by atoms with Crippen LogP contribution in [-0.4, -0.2) is 32.2 Å². The van der Waals surface area contributed by atoms with Crippen LogP contribution in [0.3, 0.4) is 0 Å². The van der Waals surface area contributed by atoms with E-state index in [1.165, 1.54) is 7.11 Å². The summed E-state index contributed by atoms with van der Waals surface area (Å²) in [6, 6.07) is 7.64. The minimum atomic E-state index is -0.310. The molecule has 110 valence electrons. The van der Waals surface area contributed by atoms with Gasteiger partial charge in [0.2, 0.25) is 0 Å². The van der Waals surface area contributed by atoms with Crippen LogP contribution < -0.4 is 4.90 Å². The average Bonchev–Trinajstić information content (AvgIpc) is 2.49. The van der Waals surface area contributed by atoms with Crippen molar-refractivity contribution in [2.45, 2.75) is 6.42 Å². The van der Waals surface area contributed by atoms with Gasteiger partial charge in [0, 0.05) is 48.3 Å². The minimum Gasteiger partial charge on any atom is -0.469 e. The van der Waals surface area contributed by atoms with Crippen molar-refractivity contribution in [3.63, 3.8) is 0 Å². The van der Waals surface area contributed by atoms with E-state index in [1.54, 1.807) is 12.4 Å². The van der Waals surface area contributed by atoms with E-state index in [0.29, 0.717) is 5.02 Å².